The quantitative estimate of drug-likeness (QED) is 0.886. The van der Waals surface area contributed by atoms with Crippen molar-refractivity contribution in [3.05, 3.63) is 29.3 Å². The molecule has 2 rings (SSSR count). The number of benzene rings is 1. The fourth-order valence-corrected chi connectivity index (χ4v) is 2.63. The maximum absolute atomic E-state index is 12.5. The monoisotopic (exact) mass is 334 g/mol. The van der Waals surface area contributed by atoms with E-state index in [1.165, 1.54) is 4.90 Å². The average molecular weight is 334 g/mol. The van der Waals surface area contributed by atoms with Gasteiger partial charge in [-0.2, -0.15) is 0 Å². The molecule has 0 bridgehead atoms. The van der Waals surface area contributed by atoms with Crippen molar-refractivity contribution < 1.29 is 19.4 Å². The number of carbonyl (C=O) groups excluding carboxylic acids is 2. The summed E-state index contributed by atoms with van der Waals surface area (Å²) in [7, 11) is 0. The van der Waals surface area contributed by atoms with E-state index in [2.05, 4.69) is 5.32 Å². The predicted molar refractivity (Wildman–Crippen MR) is 91.8 cm³/mol. The third-order valence-corrected chi connectivity index (χ3v) is 4.13. The number of nitrogens with one attached hydrogen (secondary N) is 1. The van der Waals surface area contributed by atoms with Crippen molar-refractivity contribution in [2.24, 2.45) is 5.92 Å². The second-order valence-electron chi connectivity index (χ2n) is 6.82. The first-order chi connectivity index (χ1) is 11.3. The van der Waals surface area contributed by atoms with Crippen LogP contribution >= 0.6 is 0 Å². The lowest BCUT2D eigenvalue weighted by Crippen LogP contribution is -2.43. The molecular formula is C18H26N2O4. The number of anilines is 1. The third-order valence-electron chi connectivity index (χ3n) is 4.13. The summed E-state index contributed by atoms with van der Waals surface area (Å²) in [5.74, 6) is -0.0967. The molecule has 1 fully saturated rings. The lowest BCUT2D eigenvalue weighted by molar-refractivity contribution is -0.120. The molecule has 0 spiro atoms. The van der Waals surface area contributed by atoms with Crippen LogP contribution in [-0.4, -0.2) is 47.3 Å². The number of ether oxygens (including phenoxy) is 1. The Labute approximate surface area is 142 Å². The Kier molecular flexibility index (Phi) is 5.83. The van der Waals surface area contributed by atoms with E-state index in [1.807, 2.05) is 45.9 Å². The van der Waals surface area contributed by atoms with E-state index < -0.39 is 18.2 Å². The minimum atomic E-state index is -0.721. The highest BCUT2D eigenvalue weighted by Crippen LogP contribution is 2.22. The molecular weight excluding hydrogens is 308 g/mol. The summed E-state index contributed by atoms with van der Waals surface area (Å²) < 4.78 is 5.20. The van der Waals surface area contributed by atoms with Gasteiger partial charge < -0.3 is 15.2 Å². The summed E-state index contributed by atoms with van der Waals surface area (Å²) >= 11 is 0. The molecule has 2 atom stereocenters. The van der Waals surface area contributed by atoms with Gasteiger partial charge in [-0.1, -0.05) is 19.9 Å². The van der Waals surface area contributed by atoms with Crippen molar-refractivity contribution in [2.45, 2.75) is 46.3 Å². The molecule has 0 saturated carbocycles. The van der Waals surface area contributed by atoms with E-state index in [-0.39, 0.29) is 31.4 Å². The number of rotatable bonds is 4. The zero-order chi connectivity index (χ0) is 17.9. The Balaban J connectivity index is 2.05. The largest absolute Gasteiger partial charge is 0.449 e. The number of aryl methyl sites for hydroxylation is 2. The van der Waals surface area contributed by atoms with Crippen molar-refractivity contribution >= 4 is 17.7 Å². The maximum atomic E-state index is 12.5. The number of aliphatic hydroxyl groups is 1. The predicted octanol–water partition coefficient (Wildman–Crippen LogP) is 2.47. The molecule has 2 N–H and O–H groups in total. The van der Waals surface area contributed by atoms with Crippen LogP contribution in [0.15, 0.2) is 18.2 Å². The zero-order valence-electron chi connectivity index (χ0n) is 14.7. The maximum Gasteiger partial charge on any atom is 0.410 e. The molecule has 6 heteroatoms. The van der Waals surface area contributed by atoms with E-state index >= 15 is 0 Å². The molecule has 6 nitrogen and oxygen atoms in total. The molecule has 1 heterocycles. The molecule has 0 aromatic heterocycles. The molecule has 0 unspecified atom stereocenters. The van der Waals surface area contributed by atoms with Gasteiger partial charge in [0.15, 0.2) is 0 Å². The van der Waals surface area contributed by atoms with Gasteiger partial charge in [0, 0.05) is 12.1 Å². The van der Waals surface area contributed by atoms with Crippen LogP contribution in [0.5, 0.6) is 0 Å². The molecule has 24 heavy (non-hydrogen) atoms. The van der Waals surface area contributed by atoms with Crippen LogP contribution in [0.1, 0.15) is 31.4 Å². The van der Waals surface area contributed by atoms with Crippen LogP contribution in [-0.2, 0) is 9.53 Å². The highest BCUT2D eigenvalue weighted by Gasteiger charge is 2.39. The topological polar surface area (TPSA) is 78.9 Å². The summed E-state index contributed by atoms with van der Waals surface area (Å²) in [6.07, 6.45) is -1.06. The van der Waals surface area contributed by atoms with Gasteiger partial charge in [0.05, 0.1) is 19.3 Å². The summed E-state index contributed by atoms with van der Waals surface area (Å²) in [5.41, 5.74) is 2.90. The first-order valence-corrected chi connectivity index (χ1v) is 8.27. The molecule has 1 aromatic rings. The lowest BCUT2D eigenvalue weighted by atomic mass is 10.1. The number of likely N-dealkylation sites (tertiary alicyclic amines) is 1. The van der Waals surface area contributed by atoms with Crippen LogP contribution in [0.25, 0.3) is 0 Å². The van der Waals surface area contributed by atoms with Gasteiger partial charge in [0.2, 0.25) is 5.91 Å². The Hall–Kier alpha value is -2.08. The fourth-order valence-electron chi connectivity index (χ4n) is 2.63. The second kappa shape index (κ2) is 7.66. The number of β-amino-alcohol motifs (C(OH)–C–C–N with tert-alkyl or cyclic N) is 1. The molecule has 1 aliphatic heterocycles. The molecule has 1 aromatic carbocycles. The fraction of sp³-hybridized carbons (Fsp3) is 0.556. The van der Waals surface area contributed by atoms with E-state index in [0.717, 1.165) is 11.1 Å². The number of aliphatic hydroxyl groups excluding tert-OH is 1. The Morgan fingerprint density at radius 1 is 1.33 bits per heavy atom. The Morgan fingerprint density at radius 2 is 2.04 bits per heavy atom. The van der Waals surface area contributed by atoms with Crippen molar-refractivity contribution in [1.29, 1.82) is 0 Å². The second-order valence-corrected chi connectivity index (χ2v) is 6.82. The van der Waals surface area contributed by atoms with Crippen molar-refractivity contribution in [2.75, 3.05) is 18.5 Å². The SMILES string of the molecule is Cc1ccc(NC(=O)[C@@H]2C[C@H](O)CN2C(=O)OCC(C)C)cc1C. The number of amides is 2. The standard InChI is InChI=1S/C18H26N2O4/c1-11(2)10-24-18(23)20-9-15(21)8-16(20)17(22)19-14-6-5-12(3)13(4)7-14/h5-7,11,15-16,21H,8-10H2,1-4H3,(H,19,22)/t15-,16-/m0/s1. The first-order valence-electron chi connectivity index (χ1n) is 8.27. The van der Waals surface area contributed by atoms with Gasteiger partial charge in [-0.3, -0.25) is 9.69 Å². The summed E-state index contributed by atoms with van der Waals surface area (Å²) in [5, 5.41) is 12.7. The van der Waals surface area contributed by atoms with Gasteiger partial charge in [-0.15, -0.1) is 0 Å². The third kappa shape index (κ3) is 4.47. The van der Waals surface area contributed by atoms with Crippen LogP contribution in [0, 0.1) is 19.8 Å². The first kappa shape index (κ1) is 18.3. The van der Waals surface area contributed by atoms with E-state index in [4.69, 9.17) is 4.74 Å². The highest BCUT2D eigenvalue weighted by molar-refractivity contribution is 5.97. The van der Waals surface area contributed by atoms with Gasteiger partial charge in [-0.25, -0.2) is 4.79 Å². The van der Waals surface area contributed by atoms with Crippen molar-refractivity contribution in [3.8, 4) is 0 Å². The zero-order valence-corrected chi connectivity index (χ0v) is 14.7. The smallest absolute Gasteiger partial charge is 0.410 e. The average Bonchev–Trinajstić information content (AvgIpc) is 2.90. The number of nitrogens with zero attached hydrogens (tertiary/aromatic N) is 1. The molecule has 1 aliphatic rings. The number of hydrogen-bond donors (Lipinski definition) is 2. The number of carbonyl (C=O) groups is 2. The normalized spacial score (nSPS) is 20.3. The Bertz CT molecular complexity index is 615. The van der Waals surface area contributed by atoms with Crippen LogP contribution in [0.4, 0.5) is 10.5 Å². The molecule has 0 aliphatic carbocycles. The highest BCUT2D eigenvalue weighted by atomic mass is 16.6. The van der Waals surface area contributed by atoms with Crippen molar-refractivity contribution in [3.63, 3.8) is 0 Å². The molecule has 1 saturated heterocycles. The summed E-state index contributed by atoms with van der Waals surface area (Å²) in [6, 6.07) is 4.93. The van der Waals surface area contributed by atoms with Gasteiger partial charge >= 0.3 is 6.09 Å². The van der Waals surface area contributed by atoms with E-state index in [0.29, 0.717) is 5.69 Å². The van der Waals surface area contributed by atoms with E-state index in [1.54, 1.807) is 0 Å². The summed E-state index contributed by atoms with van der Waals surface area (Å²) in [6.45, 7) is 8.26. The molecule has 2 amide bonds. The molecule has 0 radical (unpaired) electrons. The van der Waals surface area contributed by atoms with Gasteiger partial charge in [0.1, 0.15) is 6.04 Å². The minimum absolute atomic E-state index is 0.113. The van der Waals surface area contributed by atoms with Crippen LogP contribution in [0.2, 0.25) is 0 Å². The van der Waals surface area contributed by atoms with E-state index in [9.17, 15) is 14.7 Å². The summed E-state index contributed by atoms with van der Waals surface area (Å²) in [4.78, 5) is 26.0. The number of hydrogen-bond acceptors (Lipinski definition) is 4. The minimum Gasteiger partial charge on any atom is -0.449 e. The van der Waals surface area contributed by atoms with Gasteiger partial charge in [0.25, 0.3) is 0 Å². The van der Waals surface area contributed by atoms with Crippen molar-refractivity contribution in [1.82, 2.24) is 4.90 Å². The van der Waals surface area contributed by atoms with Crippen LogP contribution < -0.4 is 5.32 Å². The Morgan fingerprint density at radius 3 is 2.67 bits per heavy atom. The van der Waals surface area contributed by atoms with Gasteiger partial charge in [-0.05, 0) is 43.0 Å². The lowest BCUT2D eigenvalue weighted by Gasteiger charge is -2.23. The van der Waals surface area contributed by atoms with Crippen LogP contribution in [0.3, 0.4) is 0 Å². The molecule has 132 valence electrons.